The van der Waals surface area contributed by atoms with Crippen molar-refractivity contribution in [1.82, 2.24) is 15.2 Å². The first kappa shape index (κ1) is 30.6. The Morgan fingerprint density at radius 1 is 0.952 bits per heavy atom. The van der Waals surface area contributed by atoms with Crippen LogP contribution in [0.5, 0.6) is 5.75 Å². The van der Waals surface area contributed by atoms with Gasteiger partial charge in [-0.05, 0) is 71.0 Å². The standard InChI is InChI=1S/C31H39N5O6/c1-30(2,3)42-29(39)21-7-10-23(11-8-21)36-15-13-35(14-16-36)19-31(4,5)34-28(38)27(37)33-22-9-12-24(25(17-22)40-6)26-18-32-20-41-26/h7-12,17-18,20H,13-16,19H2,1-6H3,(H,33,37)(H,34,38). The zero-order valence-corrected chi connectivity index (χ0v) is 25.0. The summed E-state index contributed by atoms with van der Waals surface area (Å²) in [5.41, 5.74) is 1.48. The van der Waals surface area contributed by atoms with Crippen molar-refractivity contribution in [3.8, 4) is 17.1 Å². The summed E-state index contributed by atoms with van der Waals surface area (Å²) < 4.78 is 16.2. The highest BCUT2D eigenvalue weighted by atomic mass is 16.6. The number of nitrogens with one attached hydrogen (secondary N) is 2. The molecule has 0 unspecified atom stereocenters. The summed E-state index contributed by atoms with van der Waals surface area (Å²) in [6.45, 7) is 13.1. The zero-order chi connectivity index (χ0) is 30.5. The van der Waals surface area contributed by atoms with Gasteiger partial charge in [-0.1, -0.05) is 0 Å². The summed E-state index contributed by atoms with van der Waals surface area (Å²) in [6, 6.07) is 12.5. The zero-order valence-electron chi connectivity index (χ0n) is 25.0. The Morgan fingerprint density at radius 3 is 2.24 bits per heavy atom. The molecule has 0 spiro atoms. The summed E-state index contributed by atoms with van der Waals surface area (Å²) in [5.74, 6) is -0.818. The van der Waals surface area contributed by atoms with Crippen molar-refractivity contribution in [3.05, 3.63) is 60.6 Å². The van der Waals surface area contributed by atoms with Crippen molar-refractivity contribution in [2.75, 3.05) is 50.1 Å². The number of rotatable bonds is 8. The molecular formula is C31H39N5O6. The fraction of sp³-hybridized carbons (Fsp3) is 0.419. The van der Waals surface area contributed by atoms with Gasteiger partial charge in [0.2, 0.25) is 0 Å². The molecule has 2 amide bonds. The maximum atomic E-state index is 12.8. The third-order valence-corrected chi connectivity index (χ3v) is 6.67. The summed E-state index contributed by atoms with van der Waals surface area (Å²) in [7, 11) is 1.51. The quantitative estimate of drug-likeness (QED) is 0.302. The number of amides is 2. The molecule has 1 aromatic heterocycles. The highest BCUT2D eigenvalue weighted by Gasteiger charge is 2.29. The normalized spacial score (nSPS) is 14.3. The summed E-state index contributed by atoms with van der Waals surface area (Å²) in [5, 5.41) is 5.49. The van der Waals surface area contributed by atoms with E-state index in [1.807, 2.05) is 46.8 Å². The van der Waals surface area contributed by atoms with Crippen molar-refractivity contribution in [1.29, 1.82) is 0 Å². The predicted octanol–water partition coefficient (Wildman–Crippen LogP) is 3.96. The van der Waals surface area contributed by atoms with Crippen molar-refractivity contribution >= 4 is 29.2 Å². The minimum absolute atomic E-state index is 0.336. The van der Waals surface area contributed by atoms with Crippen LogP contribution in [0.25, 0.3) is 11.3 Å². The number of oxazole rings is 1. The number of carbonyl (C=O) groups is 3. The van der Waals surface area contributed by atoms with Gasteiger partial charge in [-0.2, -0.15) is 0 Å². The second-order valence-electron chi connectivity index (χ2n) is 11.9. The fourth-order valence-corrected chi connectivity index (χ4v) is 4.78. The van der Waals surface area contributed by atoms with E-state index in [1.165, 1.54) is 13.5 Å². The van der Waals surface area contributed by atoms with Crippen LogP contribution in [-0.4, -0.2) is 78.6 Å². The maximum Gasteiger partial charge on any atom is 0.338 e. The molecule has 2 aromatic carbocycles. The van der Waals surface area contributed by atoms with Gasteiger partial charge in [0, 0.05) is 55.7 Å². The fourth-order valence-electron chi connectivity index (χ4n) is 4.78. The number of benzene rings is 2. The van der Waals surface area contributed by atoms with Crippen LogP contribution in [-0.2, 0) is 14.3 Å². The Morgan fingerprint density at radius 2 is 1.64 bits per heavy atom. The lowest BCUT2D eigenvalue weighted by Gasteiger charge is -2.40. The van der Waals surface area contributed by atoms with Gasteiger partial charge in [-0.15, -0.1) is 0 Å². The van der Waals surface area contributed by atoms with Crippen LogP contribution in [0.4, 0.5) is 11.4 Å². The second kappa shape index (κ2) is 12.6. The van der Waals surface area contributed by atoms with E-state index in [0.717, 1.165) is 31.9 Å². The van der Waals surface area contributed by atoms with E-state index >= 15 is 0 Å². The second-order valence-corrected chi connectivity index (χ2v) is 11.9. The Bertz CT molecular complexity index is 1390. The van der Waals surface area contributed by atoms with E-state index in [4.69, 9.17) is 13.9 Å². The predicted molar refractivity (Wildman–Crippen MR) is 160 cm³/mol. The number of ether oxygens (including phenoxy) is 2. The monoisotopic (exact) mass is 577 g/mol. The molecule has 0 radical (unpaired) electrons. The molecule has 1 fully saturated rings. The van der Waals surface area contributed by atoms with Gasteiger partial charge in [0.25, 0.3) is 0 Å². The molecule has 1 aliphatic rings. The summed E-state index contributed by atoms with van der Waals surface area (Å²) >= 11 is 0. The smallest absolute Gasteiger partial charge is 0.338 e. The van der Waals surface area contributed by atoms with E-state index in [-0.39, 0.29) is 5.97 Å². The Balaban J connectivity index is 1.26. The lowest BCUT2D eigenvalue weighted by atomic mass is 10.0. The first-order chi connectivity index (χ1) is 19.8. The molecule has 1 aliphatic heterocycles. The van der Waals surface area contributed by atoms with Crippen molar-refractivity contribution in [3.63, 3.8) is 0 Å². The minimum Gasteiger partial charge on any atom is -0.496 e. The molecule has 11 nitrogen and oxygen atoms in total. The highest BCUT2D eigenvalue weighted by Crippen LogP contribution is 2.32. The molecule has 0 saturated carbocycles. The van der Waals surface area contributed by atoms with Crippen molar-refractivity contribution in [2.24, 2.45) is 0 Å². The van der Waals surface area contributed by atoms with Gasteiger partial charge in [-0.25, -0.2) is 9.78 Å². The number of piperazine rings is 1. The van der Waals surface area contributed by atoms with Crippen LogP contribution < -0.4 is 20.3 Å². The molecule has 4 rings (SSSR count). The highest BCUT2D eigenvalue weighted by molar-refractivity contribution is 6.39. The molecule has 0 aliphatic carbocycles. The van der Waals surface area contributed by atoms with Crippen molar-refractivity contribution in [2.45, 2.75) is 45.8 Å². The molecule has 224 valence electrons. The topological polar surface area (TPSA) is 126 Å². The van der Waals surface area contributed by atoms with E-state index < -0.39 is 23.0 Å². The number of carbonyl (C=O) groups excluding carboxylic acids is 3. The number of esters is 1. The maximum absolute atomic E-state index is 12.8. The lowest BCUT2D eigenvalue weighted by molar-refractivity contribution is -0.137. The molecule has 1 saturated heterocycles. The lowest BCUT2D eigenvalue weighted by Crippen LogP contribution is -2.57. The van der Waals surface area contributed by atoms with Gasteiger partial charge in [0.15, 0.2) is 12.2 Å². The van der Waals surface area contributed by atoms with Gasteiger partial charge < -0.3 is 29.4 Å². The molecule has 0 atom stereocenters. The number of anilines is 2. The number of hydrogen-bond acceptors (Lipinski definition) is 9. The van der Waals surface area contributed by atoms with Gasteiger partial charge in [0.1, 0.15) is 11.4 Å². The van der Waals surface area contributed by atoms with E-state index in [2.05, 4.69) is 25.4 Å². The largest absolute Gasteiger partial charge is 0.496 e. The van der Waals surface area contributed by atoms with Gasteiger partial charge in [-0.3, -0.25) is 14.5 Å². The number of methoxy groups -OCH3 is 1. The van der Waals surface area contributed by atoms with Crippen LogP contribution in [0.1, 0.15) is 45.0 Å². The molecular weight excluding hydrogens is 538 g/mol. The average Bonchev–Trinajstić information content (AvgIpc) is 3.47. The Hall–Kier alpha value is -4.38. The third-order valence-electron chi connectivity index (χ3n) is 6.67. The van der Waals surface area contributed by atoms with Gasteiger partial charge >= 0.3 is 17.8 Å². The number of nitrogens with zero attached hydrogens (tertiary/aromatic N) is 3. The molecule has 0 bridgehead atoms. The minimum atomic E-state index is -0.766. The van der Waals surface area contributed by atoms with Gasteiger partial charge in [0.05, 0.1) is 24.4 Å². The molecule has 2 heterocycles. The van der Waals surface area contributed by atoms with E-state index in [1.54, 1.807) is 36.5 Å². The number of hydrogen-bond donors (Lipinski definition) is 2. The average molecular weight is 578 g/mol. The number of aromatic nitrogens is 1. The first-order valence-corrected chi connectivity index (χ1v) is 13.8. The Kier molecular flexibility index (Phi) is 9.20. The van der Waals surface area contributed by atoms with Crippen molar-refractivity contribution < 1.29 is 28.3 Å². The Labute approximate surface area is 246 Å². The molecule has 42 heavy (non-hydrogen) atoms. The summed E-state index contributed by atoms with van der Waals surface area (Å²) in [4.78, 5) is 46.2. The molecule has 2 N–H and O–H groups in total. The third kappa shape index (κ3) is 8.10. The van der Waals surface area contributed by atoms with Crippen LogP contribution in [0.15, 0.2) is 59.5 Å². The van der Waals surface area contributed by atoms with Crippen LogP contribution in [0.3, 0.4) is 0 Å². The molecule has 11 heteroatoms. The SMILES string of the molecule is COc1cc(NC(=O)C(=O)NC(C)(C)CN2CCN(c3ccc(C(=O)OC(C)(C)C)cc3)CC2)ccc1-c1cnco1. The van der Waals surface area contributed by atoms with Crippen LogP contribution in [0.2, 0.25) is 0 Å². The summed E-state index contributed by atoms with van der Waals surface area (Å²) in [6.07, 6.45) is 2.89. The first-order valence-electron chi connectivity index (χ1n) is 13.8. The van der Waals surface area contributed by atoms with Crippen LogP contribution >= 0.6 is 0 Å². The van der Waals surface area contributed by atoms with E-state index in [9.17, 15) is 14.4 Å². The molecule has 3 aromatic rings. The van der Waals surface area contributed by atoms with Crippen LogP contribution in [0, 0.1) is 0 Å². The van der Waals surface area contributed by atoms with E-state index in [0.29, 0.717) is 34.9 Å².